The summed E-state index contributed by atoms with van der Waals surface area (Å²) in [6.07, 6.45) is 22.1. The Morgan fingerprint density at radius 2 is 1.28 bits per heavy atom. The molecule has 0 saturated carbocycles. The van der Waals surface area contributed by atoms with Gasteiger partial charge < -0.3 is 26.4 Å². The van der Waals surface area contributed by atoms with E-state index in [1.807, 2.05) is 12.1 Å². The largest absolute Gasteiger partial charge is 1.00 e. The van der Waals surface area contributed by atoms with Crippen molar-refractivity contribution in [1.82, 2.24) is 4.90 Å². The molecule has 3 nitrogen and oxygen atoms in total. The second-order valence-corrected chi connectivity index (χ2v) is 11.3. The molecule has 1 atom stereocenters. The molecule has 1 heterocycles. The second-order valence-electron chi connectivity index (χ2n) is 11.3. The molecule has 0 radical (unpaired) electrons. The van der Waals surface area contributed by atoms with Crippen molar-refractivity contribution in [3.8, 4) is 0 Å². The molecule has 1 fully saturated rings. The number of amides is 1. The molecule has 1 aliphatic rings. The van der Waals surface area contributed by atoms with E-state index in [0.717, 1.165) is 50.0 Å². The topological polar surface area (TPSA) is 20.3 Å². The summed E-state index contributed by atoms with van der Waals surface area (Å²) in [6.45, 7) is 6.96. The van der Waals surface area contributed by atoms with Gasteiger partial charge in [0.25, 0.3) is 0 Å². The van der Waals surface area contributed by atoms with E-state index >= 15 is 0 Å². The molecule has 1 amide bonds. The Labute approximate surface area is 232 Å². The first-order chi connectivity index (χ1) is 17.0. The van der Waals surface area contributed by atoms with E-state index in [1.54, 1.807) is 12.1 Å². The highest BCUT2D eigenvalue weighted by molar-refractivity contribution is 5.76. The van der Waals surface area contributed by atoms with Crippen LogP contribution in [-0.4, -0.2) is 48.5 Å². The molecule has 0 aliphatic carbocycles. The van der Waals surface area contributed by atoms with E-state index in [0.29, 0.717) is 12.3 Å². The molecule has 1 saturated heterocycles. The van der Waals surface area contributed by atoms with Crippen LogP contribution in [0.5, 0.6) is 0 Å². The highest BCUT2D eigenvalue weighted by Gasteiger charge is 2.28. The summed E-state index contributed by atoms with van der Waals surface area (Å²) >= 11 is 0. The lowest BCUT2D eigenvalue weighted by Gasteiger charge is -2.33. The first-order valence-electron chi connectivity index (χ1n) is 14.9. The molecule has 5 heteroatoms. The van der Waals surface area contributed by atoms with Gasteiger partial charge in [-0.15, -0.1) is 0 Å². The number of quaternary nitrogens is 1. The van der Waals surface area contributed by atoms with E-state index in [4.69, 9.17) is 0 Å². The molecular formula is C31H54BrFN2O. The van der Waals surface area contributed by atoms with Gasteiger partial charge in [-0.05, 0) is 18.6 Å². The number of halogens is 2. The van der Waals surface area contributed by atoms with Gasteiger partial charge in [0.05, 0.1) is 26.7 Å². The van der Waals surface area contributed by atoms with Crippen molar-refractivity contribution in [2.45, 2.75) is 123 Å². The lowest BCUT2D eigenvalue weighted by Crippen LogP contribution is -3.00. The Balaban J connectivity index is 0.00000648. The summed E-state index contributed by atoms with van der Waals surface area (Å²) in [4.78, 5) is 14.9. The van der Waals surface area contributed by atoms with Crippen LogP contribution >= 0.6 is 0 Å². The smallest absolute Gasteiger partial charge is 0.222 e. The zero-order valence-electron chi connectivity index (χ0n) is 23.4. The van der Waals surface area contributed by atoms with Crippen molar-refractivity contribution in [2.75, 3.05) is 33.2 Å². The fraction of sp³-hybridized carbons (Fsp3) is 0.774. The molecule has 36 heavy (non-hydrogen) atoms. The van der Waals surface area contributed by atoms with Gasteiger partial charge in [0.1, 0.15) is 12.4 Å². The number of nitrogens with zero attached hydrogens (tertiary/aromatic N) is 2. The SMILES string of the molecule is CCCCCCCCCCCCCCCCCC(=O)N1CCC[N+](C)(Cc2ccc(F)cc2)CC1.[Br-]. The van der Waals surface area contributed by atoms with Gasteiger partial charge in [0, 0.05) is 24.9 Å². The van der Waals surface area contributed by atoms with Gasteiger partial charge >= 0.3 is 0 Å². The first kappa shape index (κ1) is 33.1. The highest BCUT2D eigenvalue weighted by atomic mass is 79.9. The number of hydrogen-bond donors (Lipinski definition) is 0. The molecule has 0 bridgehead atoms. The van der Waals surface area contributed by atoms with Crippen molar-refractivity contribution in [3.63, 3.8) is 0 Å². The van der Waals surface area contributed by atoms with E-state index in [2.05, 4.69) is 18.9 Å². The Hall–Kier alpha value is -0.940. The van der Waals surface area contributed by atoms with Crippen LogP contribution in [-0.2, 0) is 11.3 Å². The normalized spacial score (nSPS) is 18.0. The molecule has 0 spiro atoms. The standard InChI is InChI=1S/C31H54FN2O.BrH/c1-3-4-5-6-7-8-9-10-11-12-13-14-15-16-17-19-31(35)33-24-18-26-34(2,27-25-33)28-29-20-22-30(32)23-21-29;/h20-23H,3-19,24-28H2,1-2H3;1H/q+1;/p-1. The maximum absolute atomic E-state index is 13.2. The number of unbranched alkanes of at least 4 members (excludes halogenated alkanes) is 14. The zero-order chi connectivity index (χ0) is 25.2. The van der Waals surface area contributed by atoms with Crippen LogP contribution in [0.15, 0.2) is 24.3 Å². The zero-order valence-corrected chi connectivity index (χ0v) is 25.0. The van der Waals surface area contributed by atoms with Crippen molar-refractivity contribution in [1.29, 1.82) is 0 Å². The van der Waals surface area contributed by atoms with Gasteiger partial charge in [0.15, 0.2) is 0 Å². The third-order valence-corrected chi connectivity index (χ3v) is 7.86. The number of carbonyl (C=O) groups is 1. The molecule has 208 valence electrons. The monoisotopic (exact) mass is 568 g/mol. The Morgan fingerprint density at radius 3 is 1.81 bits per heavy atom. The van der Waals surface area contributed by atoms with Gasteiger partial charge in [-0.3, -0.25) is 4.79 Å². The first-order valence-corrected chi connectivity index (χ1v) is 14.9. The molecule has 0 N–H and O–H groups in total. The summed E-state index contributed by atoms with van der Waals surface area (Å²) in [7, 11) is 2.27. The van der Waals surface area contributed by atoms with Crippen molar-refractivity contribution < 1.29 is 30.6 Å². The van der Waals surface area contributed by atoms with Gasteiger partial charge in [-0.1, -0.05) is 109 Å². The average molecular weight is 570 g/mol. The van der Waals surface area contributed by atoms with Gasteiger partial charge in [-0.25, -0.2) is 4.39 Å². The maximum Gasteiger partial charge on any atom is 0.222 e. The Kier molecular flexibility index (Phi) is 18.5. The minimum absolute atomic E-state index is 0. The number of likely N-dealkylation sites (N-methyl/N-ethyl adjacent to an activating group) is 1. The quantitative estimate of drug-likeness (QED) is 0.174. The molecule has 1 unspecified atom stereocenters. The van der Waals surface area contributed by atoms with E-state index in [-0.39, 0.29) is 22.8 Å². The van der Waals surface area contributed by atoms with E-state index in [9.17, 15) is 9.18 Å². The Morgan fingerprint density at radius 1 is 0.778 bits per heavy atom. The van der Waals surface area contributed by atoms with Crippen LogP contribution in [0.3, 0.4) is 0 Å². The van der Waals surface area contributed by atoms with E-state index < -0.39 is 0 Å². The fourth-order valence-electron chi connectivity index (χ4n) is 5.47. The minimum Gasteiger partial charge on any atom is -1.00 e. The summed E-state index contributed by atoms with van der Waals surface area (Å²) in [5.74, 6) is 0.165. The minimum atomic E-state index is -0.178. The average Bonchev–Trinajstić information content (AvgIpc) is 3.04. The lowest BCUT2D eigenvalue weighted by molar-refractivity contribution is -0.920. The van der Waals surface area contributed by atoms with Gasteiger partial charge in [-0.2, -0.15) is 0 Å². The van der Waals surface area contributed by atoms with Crippen LogP contribution in [0.4, 0.5) is 4.39 Å². The molecule has 1 aliphatic heterocycles. The van der Waals surface area contributed by atoms with Crippen LogP contribution in [0.2, 0.25) is 0 Å². The third-order valence-electron chi connectivity index (χ3n) is 7.86. The van der Waals surface area contributed by atoms with Crippen molar-refractivity contribution in [3.05, 3.63) is 35.6 Å². The maximum atomic E-state index is 13.2. The van der Waals surface area contributed by atoms with E-state index in [1.165, 1.54) is 95.5 Å². The summed E-state index contributed by atoms with van der Waals surface area (Å²) in [5, 5.41) is 0. The van der Waals surface area contributed by atoms with Crippen LogP contribution in [0.1, 0.15) is 122 Å². The van der Waals surface area contributed by atoms with Crippen molar-refractivity contribution in [2.24, 2.45) is 0 Å². The predicted molar refractivity (Wildman–Crippen MR) is 147 cm³/mol. The van der Waals surface area contributed by atoms with Gasteiger partial charge in [0.2, 0.25) is 5.91 Å². The summed E-state index contributed by atoms with van der Waals surface area (Å²) < 4.78 is 14.1. The third kappa shape index (κ3) is 14.7. The summed E-state index contributed by atoms with van der Waals surface area (Å²) in [6, 6.07) is 6.88. The van der Waals surface area contributed by atoms with Crippen LogP contribution in [0, 0.1) is 5.82 Å². The van der Waals surface area contributed by atoms with Crippen LogP contribution < -0.4 is 17.0 Å². The molecule has 1 aromatic rings. The Bertz CT molecular complexity index is 684. The molecular weight excluding hydrogens is 515 g/mol. The summed E-state index contributed by atoms with van der Waals surface area (Å²) in [5.41, 5.74) is 1.17. The number of hydrogen-bond acceptors (Lipinski definition) is 1. The predicted octanol–water partition coefficient (Wildman–Crippen LogP) is 5.27. The molecule has 1 aromatic carbocycles. The number of rotatable bonds is 18. The highest BCUT2D eigenvalue weighted by Crippen LogP contribution is 2.18. The van der Waals surface area contributed by atoms with Crippen LogP contribution in [0.25, 0.3) is 0 Å². The molecule has 0 aromatic heterocycles. The fourth-order valence-corrected chi connectivity index (χ4v) is 5.47. The second kappa shape index (κ2) is 20.1. The lowest BCUT2D eigenvalue weighted by atomic mass is 10.0. The van der Waals surface area contributed by atoms with Crippen molar-refractivity contribution >= 4 is 5.91 Å². The number of carbonyl (C=O) groups excluding carboxylic acids is 1. The molecule has 2 rings (SSSR count). The number of benzene rings is 1.